The van der Waals surface area contributed by atoms with Gasteiger partial charge in [-0.25, -0.2) is 15.4 Å². The molecule has 1 fully saturated rings. The van der Waals surface area contributed by atoms with Gasteiger partial charge in [-0.1, -0.05) is 18.2 Å². The fraction of sp³-hybridized carbons (Fsp3) is 0.217. The van der Waals surface area contributed by atoms with Crippen molar-refractivity contribution in [2.24, 2.45) is 0 Å². The number of nitrogens with one attached hydrogen (secondary N) is 2. The van der Waals surface area contributed by atoms with E-state index in [4.69, 9.17) is 10.2 Å². The summed E-state index contributed by atoms with van der Waals surface area (Å²) in [5, 5.41) is 8.52. The second-order valence-electron chi connectivity index (χ2n) is 7.37. The average molecular weight is 417 g/mol. The average Bonchev–Trinajstić information content (AvgIpc) is 3.26. The van der Waals surface area contributed by atoms with E-state index >= 15 is 0 Å². The monoisotopic (exact) mass is 417 g/mol. The van der Waals surface area contributed by atoms with Crippen molar-refractivity contribution in [3.8, 4) is 0 Å². The van der Waals surface area contributed by atoms with Crippen LogP contribution in [0.2, 0.25) is 0 Å². The number of benzene rings is 1. The molecular weight excluding hydrogens is 394 g/mol. The molecule has 0 bridgehead atoms. The predicted octanol–water partition coefficient (Wildman–Crippen LogP) is 2.90. The van der Waals surface area contributed by atoms with Gasteiger partial charge in [-0.15, -0.1) is 0 Å². The van der Waals surface area contributed by atoms with E-state index in [0.717, 1.165) is 29.7 Å². The number of rotatable bonds is 5. The molecule has 0 spiro atoms. The van der Waals surface area contributed by atoms with Gasteiger partial charge >= 0.3 is 0 Å². The molecule has 0 saturated carbocycles. The van der Waals surface area contributed by atoms with E-state index in [9.17, 15) is 9.59 Å². The zero-order valence-corrected chi connectivity index (χ0v) is 16.9. The molecule has 0 aliphatic carbocycles. The SMILES string of the molecule is O=C(/C=C/c1cccc(/C=C/C(=O)N2CCC(c3nc4ccccc4[nH]3)CC2)n1)NO. The summed E-state index contributed by atoms with van der Waals surface area (Å²) in [4.78, 5) is 37.9. The highest BCUT2D eigenvalue weighted by Gasteiger charge is 2.24. The summed E-state index contributed by atoms with van der Waals surface area (Å²) >= 11 is 0. The van der Waals surface area contributed by atoms with Crippen molar-refractivity contribution in [1.29, 1.82) is 0 Å². The Bertz CT molecular complexity index is 1110. The van der Waals surface area contributed by atoms with E-state index in [1.807, 2.05) is 29.2 Å². The first-order valence-electron chi connectivity index (χ1n) is 10.1. The van der Waals surface area contributed by atoms with Crippen LogP contribution < -0.4 is 5.48 Å². The number of piperidine rings is 1. The molecule has 3 heterocycles. The Morgan fingerprint density at radius 1 is 1.00 bits per heavy atom. The largest absolute Gasteiger partial charge is 0.342 e. The molecule has 1 aliphatic rings. The molecular formula is C23H23N5O3. The van der Waals surface area contributed by atoms with E-state index in [1.54, 1.807) is 24.3 Å². The number of nitrogens with zero attached hydrogens (tertiary/aromatic N) is 3. The third kappa shape index (κ3) is 5.04. The first kappa shape index (κ1) is 20.5. The molecule has 8 nitrogen and oxygen atoms in total. The second kappa shape index (κ2) is 9.36. The van der Waals surface area contributed by atoms with E-state index < -0.39 is 5.91 Å². The van der Waals surface area contributed by atoms with Gasteiger partial charge < -0.3 is 9.88 Å². The summed E-state index contributed by atoms with van der Waals surface area (Å²) in [6.07, 6.45) is 7.57. The zero-order chi connectivity index (χ0) is 21.6. The molecule has 0 radical (unpaired) electrons. The minimum absolute atomic E-state index is 0.0505. The van der Waals surface area contributed by atoms with Crippen LogP contribution in [0.5, 0.6) is 0 Å². The van der Waals surface area contributed by atoms with Crippen molar-refractivity contribution in [1.82, 2.24) is 25.3 Å². The first-order chi connectivity index (χ1) is 15.1. The van der Waals surface area contributed by atoms with Gasteiger partial charge in [0.25, 0.3) is 5.91 Å². The number of hydrogen-bond acceptors (Lipinski definition) is 5. The van der Waals surface area contributed by atoms with Crippen LogP contribution >= 0.6 is 0 Å². The zero-order valence-electron chi connectivity index (χ0n) is 16.9. The molecule has 1 aromatic carbocycles. The number of hydroxylamine groups is 1. The molecule has 2 aromatic heterocycles. The van der Waals surface area contributed by atoms with Crippen LogP contribution in [-0.2, 0) is 9.59 Å². The molecule has 4 rings (SSSR count). The number of amides is 2. The lowest BCUT2D eigenvalue weighted by molar-refractivity contribution is -0.127. The number of aromatic amines is 1. The van der Waals surface area contributed by atoms with Gasteiger partial charge in [0.15, 0.2) is 0 Å². The lowest BCUT2D eigenvalue weighted by Gasteiger charge is -2.30. The minimum Gasteiger partial charge on any atom is -0.342 e. The third-order valence-electron chi connectivity index (χ3n) is 5.31. The van der Waals surface area contributed by atoms with E-state index in [0.29, 0.717) is 30.4 Å². The number of H-pyrrole nitrogens is 1. The molecule has 0 unspecified atom stereocenters. The van der Waals surface area contributed by atoms with Gasteiger partial charge in [-0.3, -0.25) is 14.8 Å². The van der Waals surface area contributed by atoms with Gasteiger partial charge in [0.1, 0.15) is 5.82 Å². The van der Waals surface area contributed by atoms with Crippen LogP contribution in [0.25, 0.3) is 23.2 Å². The number of imidazole rings is 1. The van der Waals surface area contributed by atoms with Crippen LogP contribution in [0.15, 0.2) is 54.6 Å². The Balaban J connectivity index is 1.34. The second-order valence-corrected chi connectivity index (χ2v) is 7.37. The Labute approximate surface area is 179 Å². The summed E-state index contributed by atoms with van der Waals surface area (Å²) in [6, 6.07) is 13.3. The molecule has 3 aromatic rings. The van der Waals surface area contributed by atoms with E-state index in [1.165, 1.54) is 23.7 Å². The smallest absolute Gasteiger partial charge is 0.267 e. The van der Waals surface area contributed by atoms with Crippen LogP contribution in [0.1, 0.15) is 36.0 Å². The molecule has 1 saturated heterocycles. The molecule has 1 aliphatic heterocycles. The topological polar surface area (TPSA) is 111 Å². The van der Waals surface area contributed by atoms with Gasteiger partial charge in [-0.2, -0.15) is 0 Å². The molecule has 2 amide bonds. The quantitative estimate of drug-likeness (QED) is 0.336. The summed E-state index contributed by atoms with van der Waals surface area (Å²) in [5.74, 6) is 0.629. The lowest BCUT2D eigenvalue weighted by Crippen LogP contribution is -2.37. The number of pyridine rings is 1. The predicted molar refractivity (Wildman–Crippen MR) is 117 cm³/mol. The van der Waals surface area contributed by atoms with Crippen molar-refractivity contribution in [3.63, 3.8) is 0 Å². The van der Waals surface area contributed by atoms with Gasteiger partial charge in [0.05, 0.1) is 22.4 Å². The highest BCUT2D eigenvalue weighted by Crippen LogP contribution is 2.27. The molecule has 158 valence electrons. The van der Waals surface area contributed by atoms with Gasteiger partial charge in [0.2, 0.25) is 5.91 Å². The van der Waals surface area contributed by atoms with Crippen LogP contribution in [-0.4, -0.2) is 50.0 Å². The minimum atomic E-state index is -0.635. The normalized spacial score (nSPS) is 15.2. The van der Waals surface area contributed by atoms with E-state index in [2.05, 4.69) is 9.97 Å². The van der Waals surface area contributed by atoms with Crippen molar-refractivity contribution in [2.45, 2.75) is 18.8 Å². The number of carbonyl (C=O) groups excluding carboxylic acids is 2. The number of likely N-dealkylation sites (tertiary alicyclic amines) is 1. The maximum Gasteiger partial charge on any atom is 0.267 e. The van der Waals surface area contributed by atoms with Gasteiger partial charge in [-0.05, 0) is 49.3 Å². The van der Waals surface area contributed by atoms with Crippen molar-refractivity contribution in [3.05, 3.63) is 71.8 Å². The maximum atomic E-state index is 12.6. The van der Waals surface area contributed by atoms with Gasteiger partial charge in [0, 0.05) is 31.2 Å². The Hall–Kier alpha value is -3.78. The number of aromatic nitrogens is 3. The molecule has 31 heavy (non-hydrogen) atoms. The fourth-order valence-electron chi connectivity index (χ4n) is 3.65. The summed E-state index contributed by atoms with van der Waals surface area (Å²) in [5.41, 5.74) is 4.69. The first-order valence-corrected chi connectivity index (χ1v) is 10.1. The number of carbonyl (C=O) groups is 2. The maximum absolute atomic E-state index is 12.6. The van der Waals surface area contributed by atoms with Crippen LogP contribution in [0, 0.1) is 0 Å². The summed E-state index contributed by atoms with van der Waals surface area (Å²) in [6.45, 7) is 1.36. The molecule has 3 N–H and O–H groups in total. The number of para-hydroxylation sites is 2. The van der Waals surface area contributed by atoms with E-state index in [-0.39, 0.29) is 5.91 Å². The number of hydrogen-bond donors (Lipinski definition) is 3. The number of fused-ring (bicyclic) bond motifs is 1. The standard InChI is InChI=1S/C23H23N5O3/c29-21(27-31)10-8-17-4-3-5-18(24-17)9-11-22(30)28-14-12-16(13-15-28)23-25-19-6-1-2-7-20(19)26-23/h1-11,16,31H,12-15H2,(H,25,26)(H,27,29)/b10-8+,11-9+. The lowest BCUT2D eigenvalue weighted by atomic mass is 9.96. The highest BCUT2D eigenvalue weighted by atomic mass is 16.5. The summed E-state index contributed by atoms with van der Waals surface area (Å²) < 4.78 is 0. The Kier molecular flexibility index (Phi) is 6.18. The van der Waals surface area contributed by atoms with Crippen molar-refractivity contribution < 1.29 is 14.8 Å². The third-order valence-corrected chi connectivity index (χ3v) is 5.31. The Morgan fingerprint density at radius 3 is 2.42 bits per heavy atom. The van der Waals surface area contributed by atoms with Crippen molar-refractivity contribution in [2.75, 3.05) is 13.1 Å². The molecule has 8 heteroatoms. The molecule has 0 atom stereocenters. The fourth-order valence-corrected chi connectivity index (χ4v) is 3.65. The van der Waals surface area contributed by atoms with Crippen LogP contribution in [0.3, 0.4) is 0 Å². The van der Waals surface area contributed by atoms with Crippen molar-refractivity contribution >= 4 is 35.0 Å². The summed E-state index contributed by atoms with van der Waals surface area (Å²) in [7, 11) is 0. The highest BCUT2D eigenvalue weighted by molar-refractivity contribution is 5.92. The Morgan fingerprint density at radius 2 is 1.71 bits per heavy atom. The van der Waals surface area contributed by atoms with Crippen LogP contribution in [0.4, 0.5) is 0 Å².